The third kappa shape index (κ3) is 5.53. The van der Waals surface area contributed by atoms with Crippen LogP contribution < -0.4 is 20.4 Å². The van der Waals surface area contributed by atoms with Crippen molar-refractivity contribution in [1.82, 2.24) is 10.2 Å². The molecule has 2 saturated heterocycles. The highest BCUT2D eigenvalue weighted by Gasteiger charge is 2.23. The van der Waals surface area contributed by atoms with E-state index in [4.69, 9.17) is 9.15 Å². The molecule has 1 aromatic heterocycles. The standard InChI is InChI=1S/C29H31N3O5/c1-36-22-8-9-26-23(17-22)25(33)18-27(37-26)29(35)30-13-10-20-11-15-31(16-12-20)24-6-3-2-5-21(24)19-32-14-4-7-28(32)34/h2-3,5-6,8-10,17-18H,4,7,11-16,19H2,1H3,(H,30,35). The van der Waals surface area contributed by atoms with E-state index in [0.29, 0.717) is 36.2 Å². The van der Waals surface area contributed by atoms with Crippen LogP contribution >= 0.6 is 0 Å². The number of fused-ring (bicyclic) bond motifs is 1. The number of carbonyl (C=O) groups is 2. The number of hydrogen-bond donors (Lipinski definition) is 1. The first-order chi connectivity index (χ1) is 18.0. The predicted molar refractivity (Wildman–Crippen MR) is 142 cm³/mol. The molecule has 3 aromatic rings. The molecule has 2 fully saturated rings. The van der Waals surface area contributed by atoms with Crippen LogP contribution in [0, 0.1) is 0 Å². The van der Waals surface area contributed by atoms with Crippen LogP contribution in [0.1, 0.15) is 41.8 Å². The Kier molecular flexibility index (Phi) is 7.25. The summed E-state index contributed by atoms with van der Waals surface area (Å²) in [4.78, 5) is 41.5. The Bertz CT molecular complexity index is 1400. The molecule has 0 radical (unpaired) electrons. The van der Waals surface area contributed by atoms with Crippen molar-refractivity contribution < 1.29 is 18.7 Å². The number of benzene rings is 2. The average molecular weight is 502 g/mol. The number of nitrogens with one attached hydrogen (secondary N) is 1. The zero-order valence-electron chi connectivity index (χ0n) is 21.0. The molecule has 0 saturated carbocycles. The monoisotopic (exact) mass is 501 g/mol. The molecule has 3 heterocycles. The van der Waals surface area contributed by atoms with Gasteiger partial charge in [-0.3, -0.25) is 14.4 Å². The van der Waals surface area contributed by atoms with Crippen molar-refractivity contribution in [3.05, 3.63) is 81.7 Å². The van der Waals surface area contributed by atoms with Crippen LogP contribution in [0.4, 0.5) is 5.69 Å². The molecule has 0 aliphatic carbocycles. The second-order valence-electron chi connectivity index (χ2n) is 9.44. The van der Waals surface area contributed by atoms with Gasteiger partial charge in [-0.05, 0) is 49.1 Å². The molecule has 192 valence electrons. The fourth-order valence-corrected chi connectivity index (χ4v) is 5.02. The third-order valence-corrected chi connectivity index (χ3v) is 7.08. The first-order valence-corrected chi connectivity index (χ1v) is 12.7. The Hall–Kier alpha value is -4.07. The summed E-state index contributed by atoms with van der Waals surface area (Å²) in [6.45, 7) is 3.63. The minimum atomic E-state index is -0.422. The number of amides is 2. The van der Waals surface area contributed by atoms with Gasteiger partial charge in [-0.15, -0.1) is 0 Å². The first kappa shape index (κ1) is 24.6. The number of ether oxygens (including phenoxy) is 1. The molecule has 8 heteroatoms. The molecule has 5 rings (SSSR count). The van der Waals surface area contributed by atoms with Gasteiger partial charge in [-0.25, -0.2) is 0 Å². The average Bonchev–Trinajstić information content (AvgIpc) is 3.33. The minimum absolute atomic E-state index is 0.0102. The molecule has 37 heavy (non-hydrogen) atoms. The van der Waals surface area contributed by atoms with Crippen LogP contribution in [-0.4, -0.2) is 50.0 Å². The summed E-state index contributed by atoms with van der Waals surface area (Å²) in [5.41, 5.74) is 3.73. The highest BCUT2D eigenvalue weighted by molar-refractivity contribution is 5.93. The van der Waals surface area contributed by atoms with Gasteiger partial charge < -0.3 is 24.3 Å². The van der Waals surface area contributed by atoms with E-state index >= 15 is 0 Å². The Morgan fingerprint density at radius 3 is 2.62 bits per heavy atom. The number of hydrogen-bond acceptors (Lipinski definition) is 6. The smallest absolute Gasteiger partial charge is 0.287 e. The minimum Gasteiger partial charge on any atom is -0.497 e. The lowest BCUT2D eigenvalue weighted by molar-refractivity contribution is -0.128. The molecule has 0 bridgehead atoms. The SMILES string of the molecule is COc1ccc2oc(C(=O)NCC=C3CCN(c4ccccc4CN4CCCC4=O)CC3)cc(=O)c2c1. The Morgan fingerprint density at radius 2 is 1.86 bits per heavy atom. The van der Waals surface area contributed by atoms with Gasteiger partial charge in [-0.1, -0.05) is 29.8 Å². The van der Waals surface area contributed by atoms with Crippen molar-refractivity contribution in [2.75, 3.05) is 38.2 Å². The molecule has 0 atom stereocenters. The normalized spacial score (nSPS) is 15.8. The van der Waals surface area contributed by atoms with Crippen LogP contribution in [-0.2, 0) is 11.3 Å². The van der Waals surface area contributed by atoms with Gasteiger partial charge in [0.15, 0.2) is 11.2 Å². The van der Waals surface area contributed by atoms with Crippen molar-refractivity contribution in [2.24, 2.45) is 0 Å². The van der Waals surface area contributed by atoms with E-state index in [1.807, 2.05) is 23.1 Å². The number of carbonyl (C=O) groups excluding carboxylic acids is 2. The van der Waals surface area contributed by atoms with Crippen molar-refractivity contribution in [2.45, 2.75) is 32.2 Å². The van der Waals surface area contributed by atoms with Crippen LogP contribution in [0.2, 0.25) is 0 Å². The van der Waals surface area contributed by atoms with Gasteiger partial charge in [0.1, 0.15) is 11.3 Å². The Balaban J connectivity index is 1.17. The second kappa shape index (κ2) is 10.9. The summed E-state index contributed by atoms with van der Waals surface area (Å²) in [6.07, 6.45) is 5.45. The molecular weight excluding hydrogens is 470 g/mol. The lowest BCUT2D eigenvalue weighted by atomic mass is 10.0. The van der Waals surface area contributed by atoms with Gasteiger partial charge in [0.05, 0.1) is 12.5 Å². The van der Waals surface area contributed by atoms with Crippen LogP contribution in [0.25, 0.3) is 11.0 Å². The molecule has 0 unspecified atom stereocenters. The number of likely N-dealkylation sites (tertiary alicyclic amines) is 1. The molecule has 2 aliphatic rings. The fraction of sp³-hybridized carbons (Fsp3) is 0.345. The zero-order valence-corrected chi connectivity index (χ0v) is 21.0. The Morgan fingerprint density at radius 1 is 1.05 bits per heavy atom. The van der Waals surface area contributed by atoms with Crippen LogP contribution in [0.15, 0.2) is 69.4 Å². The number of piperidine rings is 1. The molecule has 2 aromatic carbocycles. The number of anilines is 1. The molecule has 0 spiro atoms. The van der Waals surface area contributed by atoms with Crippen molar-refractivity contribution >= 4 is 28.5 Å². The molecule has 2 amide bonds. The highest BCUT2D eigenvalue weighted by Crippen LogP contribution is 2.28. The van der Waals surface area contributed by atoms with E-state index in [2.05, 4.69) is 22.3 Å². The van der Waals surface area contributed by atoms with Crippen molar-refractivity contribution in [3.8, 4) is 5.75 Å². The van der Waals surface area contributed by atoms with Gasteiger partial charge in [0.2, 0.25) is 5.91 Å². The summed E-state index contributed by atoms with van der Waals surface area (Å²) in [5.74, 6) is 0.363. The molecule has 8 nitrogen and oxygen atoms in total. The second-order valence-corrected chi connectivity index (χ2v) is 9.44. The van der Waals surface area contributed by atoms with Crippen LogP contribution in [0.5, 0.6) is 5.75 Å². The first-order valence-electron chi connectivity index (χ1n) is 12.7. The van der Waals surface area contributed by atoms with E-state index in [1.54, 1.807) is 18.2 Å². The van der Waals surface area contributed by atoms with Gasteiger partial charge >= 0.3 is 0 Å². The van der Waals surface area contributed by atoms with E-state index in [0.717, 1.165) is 38.9 Å². The van der Waals surface area contributed by atoms with Crippen molar-refractivity contribution in [1.29, 1.82) is 0 Å². The summed E-state index contributed by atoms with van der Waals surface area (Å²) in [7, 11) is 1.53. The Labute approximate surface area is 215 Å². The van der Waals surface area contributed by atoms with Crippen molar-refractivity contribution in [3.63, 3.8) is 0 Å². The van der Waals surface area contributed by atoms with E-state index in [9.17, 15) is 14.4 Å². The van der Waals surface area contributed by atoms with Crippen LogP contribution in [0.3, 0.4) is 0 Å². The van der Waals surface area contributed by atoms with E-state index in [-0.39, 0.29) is 17.1 Å². The molecule has 2 aliphatic heterocycles. The number of nitrogens with zero attached hydrogens (tertiary/aromatic N) is 2. The molecular formula is C29H31N3O5. The molecule has 1 N–H and O–H groups in total. The quantitative estimate of drug-likeness (QED) is 0.494. The third-order valence-electron chi connectivity index (χ3n) is 7.08. The summed E-state index contributed by atoms with van der Waals surface area (Å²) in [5, 5.41) is 3.21. The summed E-state index contributed by atoms with van der Waals surface area (Å²) < 4.78 is 10.8. The summed E-state index contributed by atoms with van der Waals surface area (Å²) in [6, 6.07) is 14.5. The number of rotatable bonds is 7. The maximum Gasteiger partial charge on any atom is 0.287 e. The fourth-order valence-electron chi connectivity index (χ4n) is 5.02. The maximum absolute atomic E-state index is 12.6. The van der Waals surface area contributed by atoms with Gasteiger partial charge in [0, 0.05) is 50.9 Å². The largest absolute Gasteiger partial charge is 0.497 e. The lowest BCUT2D eigenvalue weighted by Crippen LogP contribution is -2.33. The zero-order chi connectivity index (χ0) is 25.8. The maximum atomic E-state index is 12.6. The number of para-hydroxylation sites is 1. The van der Waals surface area contributed by atoms with E-state index < -0.39 is 5.91 Å². The summed E-state index contributed by atoms with van der Waals surface area (Å²) >= 11 is 0. The highest BCUT2D eigenvalue weighted by atomic mass is 16.5. The van der Waals surface area contributed by atoms with E-state index in [1.165, 1.54) is 30.0 Å². The number of methoxy groups -OCH3 is 1. The van der Waals surface area contributed by atoms with Gasteiger partial charge in [0.25, 0.3) is 5.91 Å². The lowest BCUT2D eigenvalue weighted by Gasteiger charge is -2.33. The predicted octanol–water partition coefficient (Wildman–Crippen LogP) is 3.88. The topological polar surface area (TPSA) is 92.1 Å². The van der Waals surface area contributed by atoms with Gasteiger partial charge in [-0.2, -0.15) is 0 Å².